The second-order valence-corrected chi connectivity index (χ2v) is 11.8. The third kappa shape index (κ3) is 2.81. The molecule has 3 aromatic carbocycles. The van der Waals surface area contributed by atoms with Crippen LogP contribution in [0, 0.1) is 6.92 Å². The Balaban J connectivity index is 2.00. The van der Waals surface area contributed by atoms with Crippen molar-refractivity contribution in [2.24, 2.45) is 0 Å². The van der Waals surface area contributed by atoms with E-state index >= 15 is 0 Å². The van der Waals surface area contributed by atoms with Crippen molar-refractivity contribution < 1.29 is 0 Å². The van der Waals surface area contributed by atoms with Crippen molar-refractivity contribution in [2.75, 3.05) is 0 Å². The molecule has 1 aliphatic rings. The molecule has 0 aliphatic carbocycles. The van der Waals surface area contributed by atoms with Gasteiger partial charge in [0.25, 0.3) is 0 Å². The maximum absolute atomic E-state index is 2.51. The molecule has 0 spiro atoms. The van der Waals surface area contributed by atoms with E-state index in [-0.39, 0.29) is 0 Å². The quantitative estimate of drug-likeness (QED) is 0.488. The van der Waals surface area contributed by atoms with Gasteiger partial charge in [-0.25, -0.2) is 0 Å². The average molecular weight is 359 g/mol. The molecule has 0 nitrogen and oxygen atoms in total. The van der Waals surface area contributed by atoms with E-state index in [0.29, 0.717) is 11.6 Å². The summed E-state index contributed by atoms with van der Waals surface area (Å²) in [5, 5.41) is 3.11. The summed E-state index contributed by atoms with van der Waals surface area (Å²) < 4.78 is 0. The first kappa shape index (κ1) is 17.5. The molecule has 0 amide bonds. The van der Waals surface area contributed by atoms with Crippen LogP contribution in [0.4, 0.5) is 0 Å². The first-order valence-corrected chi connectivity index (χ1v) is 11.7. The Kier molecular flexibility index (Phi) is 4.72. The zero-order valence-corrected chi connectivity index (χ0v) is 16.9. The molecular formula is C25H28P+. The van der Waals surface area contributed by atoms with E-state index in [4.69, 9.17) is 0 Å². The lowest BCUT2D eigenvalue weighted by Gasteiger charge is -2.32. The Labute approximate surface area is 158 Å². The van der Waals surface area contributed by atoms with E-state index in [1.807, 2.05) is 0 Å². The van der Waals surface area contributed by atoms with Gasteiger partial charge in [-0.2, -0.15) is 0 Å². The average Bonchev–Trinajstić information content (AvgIpc) is 2.79. The van der Waals surface area contributed by atoms with Gasteiger partial charge < -0.3 is 0 Å². The fourth-order valence-electron chi connectivity index (χ4n) is 4.86. The van der Waals surface area contributed by atoms with Crippen LogP contribution in [-0.2, 0) is 6.16 Å². The van der Waals surface area contributed by atoms with Crippen LogP contribution in [0.2, 0.25) is 0 Å². The minimum absolute atomic E-state index is 0.620. The van der Waals surface area contributed by atoms with Gasteiger partial charge in [-0.15, -0.1) is 0 Å². The molecule has 0 aromatic heterocycles. The predicted molar refractivity (Wildman–Crippen MR) is 116 cm³/mol. The van der Waals surface area contributed by atoms with Gasteiger partial charge in [0.1, 0.15) is 0 Å². The number of fused-ring (bicyclic) bond motifs is 1. The summed E-state index contributed by atoms with van der Waals surface area (Å²) in [7, 11) is -1.53. The van der Waals surface area contributed by atoms with Gasteiger partial charge >= 0.3 is 0 Å². The highest BCUT2D eigenvalue weighted by atomic mass is 31.2. The van der Waals surface area contributed by atoms with Crippen molar-refractivity contribution in [3.8, 4) is 0 Å². The molecule has 3 aromatic rings. The lowest BCUT2D eigenvalue weighted by atomic mass is 9.91. The summed E-state index contributed by atoms with van der Waals surface area (Å²) in [5.41, 5.74) is 5.31. The van der Waals surface area contributed by atoms with Crippen molar-refractivity contribution in [3.63, 3.8) is 0 Å². The molecule has 2 unspecified atom stereocenters. The Morgan fingerprint density at radius 1 is 0.731 bits per heavy atom. The summed E-state index contributed by atoms with van der Waals surface area (Å²) in [5.74, 6) is 0.620. The molecule has 26 heavy (non-hydrogen) atoms. The molecule has 1 heteroatoms. The van der Waals surface area contributed by atoms with Crippen LogP contribution in [0.15, 0.2) is 78.9 Å². The number of hydrogen-bond acceptors (Lipinski definition) is 0. The van der Waals surface area contributed by atoms with E-state index < -0.39 is 7.26 Å². The molecule has 0 saturated carbocycles. The summed E-state index contributed by atoms with van der Waals surface area (Å²) in [6.45, 7) is 7.22. The predicted octanol–water partition coefficient (Wildman–Crippen LogP) is 6.06. The molecule has 1 heterocycles. The van der Waals surface area contributed by atoms with Gasteiger partial charge in [-0.1, -0.05) is 61.5 Å². The van der Waals surface area contributed by atoms with E-state index in [1.165, 1.54) is 18.1 Å². The van der Waals surface area contributed by atoms with Crippen LogP contribution >= 0.6 is 7.26 Å². The Morgan fingerprint density at radius 2 is 1.31 bits per heavy atom. The van der Waals surface area contributed by atoms with Crippen LogP contribution < -0.4 is 10.6 Å². The number of rotatable bonds is 2. The van der Waals surface area contributed by atoms with Crippen molar-refractivity contribution in [1.82, 2.24) is 0 Å². The molecule has 0 fully saturated rings. The summed E-state index contributed by atoms with van der Waals surface area (Å²) in [6.07, 6.45) is 2.45. The smallest absolute Gasteiger partial charge is 0.0620 e. The van der Waals surface area contributed by atoms with E-state index in [0.717, 1.165) is 0 Å². The Morgan fingerprint density at radius 3 is 1.88 bits per heavy atom. The molecule has 2 atom stereocenters. The number of benzene rings is 3. The van der Waals surface area contributed by atoms with Crippen LogP contribution in [-0.4, -0.2) is 5.66 Å². The molecule has 1 aliphatic heterocycles. The topological polar surface area (TPSA) is 0 Å². The first-order valence-electron chi connectivity index (χ1n) is 9.70. The second kappa shape index (κ2) is 7.01. The largest absolute Gasteiger partial charge is 0.0998 e. The minimum atomic E-state index is -1.53. The molecular weight excluding hydrogens is 331 g/mol. The zero-order valence-electron chi connectivity index (χ0n) is 16.0. The van der Waals surface area contributed by atoms with Gasteiger partial charge in [0.2, 0.25) is 0 Å². The Hall–Kier alpha value is -1.91. The number of aryl methyl sites for hydroxylation is 1. The van der Waals surface area contributed by atoms with E-state index in [2.05, 4.69) is 99.6 Å². The van der Waals surface area contributed by atoms with Gasteiger partial charge in [-0.3, -0.25) is 0 Å². The monoisotopic (exact) mass is 359 g/mol. The Bertz CT molecular complexity index is 843. The summed E-state index contributed by atoms with van der Waals surface area (Å²) >= 11 is 0. The van der Waals surface area contributed by atoms with Crippen molar-refractivity contribution in [3.05, 3.63) is 95.6 Å². The maximum atomic E-state index is 2.51. The number of hydrogen-bond donors (Lipinski definition) is 0. The van der Waals surface area contributed by atoms with Crippen LogP contribution in [0.5, 0.6) is 0 Å². The van der Waals surface area contributed by atoms with E-state index in [1.54, 1.807) is 21.7 Å². The molecule has 0 N–H and O–H groups in total. The van der Waals surface area contributed by atoms with Gasteiger partial charge in [0, 0.05) is 0 Å². The van der Waals surface area contributed by atoms with Gasteiger partial charge in [-0.05, 0) is 67.1 Å². The van der Waals surface area contributed by atoms with Crippen molar-refractivity contribution in [1.29, 1.82) is 0 Å². The summed E-state index contributed by atoms with van der Waals surface area (Å²) in [4.78, 5) is 0. The lowest BCUT2D eigenvalue weighted by Crippen LogP contribution is -2.31. The van der Waals surface area contributed by atoms with Crippen LogP contribution in [0.25, 0.3) is 0 Å². The van der Waals surface area contributed by atoms with Crippen molar-refractivity contribution in [2.45, 2.75) is 44.9 Å². The molecule has 0 radical (unpaired) electrons. The third-order valence-corrected chi connectivity index (χ3v) is 11.2. The molecule has 0 saturated heterocycles. The van der Waals surface area contributed by atoms with Crippen LogP contribution in [0.3, 0.4) is 0 Å². The lowest BCUT2D eigenvalue weighted by molar-refractivity contribution is 0.673. The minimum Gasteiger partial charge on any atom is -0.0620 e. The second-order valence-electron chi connectivity index (χ2n) is 7.83. The highest BCUT2D eigenvalue weighted by Crippen LogP contribution is 2.67. The SMILES string of the molecule is Cc1cccc2c1C[P+](c1ccccc1)(c1ccccc1)C(C)CC2C. The van der Waals surface area contributed by atoms with Crippen molar-refractivity contribution >= 4 is 17.9 Å². The summed E-state index contributed by atoms with van der Waals surface area (Å²) in [6, 6.07) is 29.6. The third-order valence-electron chi connectivity index (χ3n) is 6.27. The molecule has 4 rings (SSSR count). The molecule has 132 valence electrons. The highest BCUT2D eigenvalue weighted by molar-refractivity contribution is 7.89. The molecule has 0 bridgehead atoms. The highest BCUT2D eigenvalue weighted by Gasteiger charge is 2.50. The van der Waals surface area contributed by atoms with Crippen LogP contribution in [0.1, 0.15) is 42.9 Å². The van der Waals surface area contributed by atoms with E-state index in [9.17, 15) is 0 Å². The first-order chi connectivity index (χ1) is 12.6. The normalized spacial score (nSPS) is 21.7. The fraction of sp³-hybridized carbons (Fsp3) is 0.280. The van der Waals surface area contributed by atoms with Gasteiger partial charge in [0.05, 0.1) is 29.7 Å². The fourth-order valence-corrected chi connectivity index (χ4v) is 9.86. The maximum Gasteiger partial charge on any atom is 0.0998 e. The standard InChI is InChI=1S/C25H28P/c1-19-11-10-16-24-20(2)17-21(3)26(18-25(19)24,22-12-6-4-7-13-22)23-14-8-5-9-15-23/h4-16,20-21H,17-18H2,1-3H3/q+1. The zero-order chi connectivity index (χ0) is 18.1. The van der Waals surface area contributed by atoms with Gasteiger partial charge in [0.15, 0.2) is 0 Å².